The van der Waals surface area contributed by atoms with E-state index in [0.29, 0.717) is 0 Å². The van der Waals surface area contributed by atoms with Crippen LogP contribution in [0.5, 0.6) is 0 Å². The number of hydrogen-bond donors (Lipinski definition) is 0. The average molecular weight is 221 g/mol. The molecule has 1 aromatic heterocycles. The molecule has 15 heavy (non-hydrogen) atoms. The molecular weight excluding hydrogens is 208 g/mol. The first-order valence-corrected chi connectivity index (χ1v) is 5.37. The van der Waals surface area contributed by atoms with Crippen LogP contribution in [0.25, 0.3) is 0 Å². The number of hydrogen-bond acceptors (Lipinski definition) is 1. The summed E-state index contributed by atoms with van der Waals surface area (Å²) in [6.07, 6.45) is 1.64. The van der Waals surface area contributed by atoms with Gasteiger partial charge in [0.2, 0.25) is 0 Å². The molecule has 1 aromatic carbocycles. The maximum Gasteiger partial charge on any atom is 0.126 e. The van der Waals surface area contributed by atoms with Crippen molar-refractivity contribution in [3.05, 3.63) is 59.0 Å². The van der Waals surface area contributed by atoms with Gasteiger partial charge in [0, 0.05) is 0 Å². The maximum absolute atomic E-state index is 6.30. The highest BCUT2D eigenvalue weighted by atomic mass is 35.5. The summed E-state index contributed by atoms with van der Waals surface area (Å²) >= 11 is 6.30. The minimum Gasteiger partial charge on any atom is -0.467 e. The normalized spacial score (nSPS) is 12.7. The zero-order chi connectivity index (χ0) is 10.8. The van der Waals surface area contributed by atoms with Crippen LogP contribution in [0.1, 0.15) is 27.8 Å². The Kier molecular flexibility index (Phi) is 2.83. The van der Waals surface area contributed by atoms with Gasteiger partial charge in [0.1, 0.15) is 11.1 Å². The SMILES string of the molecule is Cc1ccc(C(Cl)c2ccco2)cc1C. The van der Waals surface area contributed by atoms with E-state index in [1.165, 1.54) is 11.1 Å². The third kappa shape index (κ3) is 2.07. The van der Waals surface area contributed by atoms with Crippen LogP contribution in [0.4, 0.5) is 0 Å². The van der Waals surface area contributed by atoms with Crippen LogP contribution in [-0.4, -0.2) is 0 Å². The van der Waals surface area contributed by atoms with E-state index in [1.807, 2.05) is 18.2 Å². The highest BCUT2D eigenvalue weighted by Gasteiger charge is 2.13. The van der Waals surface area contributed by atoms with Gasteiger partial charge >= 0.3 is 0 Å². The molecule has 0 saturated carbocycles. The summed E-state index contributed by atoms with van der Waals surface area (Å²) in [6, 6.07) is 9.99. The van der Waals surface area contributed by atoms with Crippen LogP contribution < -0.4 is 0 Å². The molecule has 0 aliphatic carbocycles. The van der Waals surface area contributed by atoms with Gasteiger partial charge in [0.25, 0.3) is 0 Å². The standard InChI is InChI=1S/C13H13ClO/c1-9-5-6-11(8-10(9)2)13(14)12-4-3-7-15-12/h3-8,13H,1-2H3. The molecule has 0 N–H and O–H groups in total. The predicted octanol–water partition coefficient (Wildman–Crippen LogP) is 4.22. The van der Waals surface area contributed by atoms with Crippen molar-refractivity contribution in [2.24, 2.45) is 0 Å². The van der Waals surface area contributed by atoms with Crippen molar-refractivity contribution in [1.82, 2.24) is 0 Å². The largest absolute Gasteiger partial charge is 0.467 e. The zero-order valence-corrected chi connectivity index (χ0v) is 9.58. The Morgan fingerprint density at radius 2 is 1.93 bits per heavy atom. The summed E-state index contributed by atoms with van der Waals surface area (Å²) in [4.78, 5) is 0. The van der Waals surface area contributed by atoms with Gasteiger partial charge in [-0.05, 0) is 42.7 Å². The molecule has 0 radical (unpaired) electrons. The quantitative estimate of drug-likeness (QED) is 0.691. The van der Waals surface area contributed by atoms with Gasteiger partial charge in [0.15, 0.2) is 0 Å². The number of rotatable bonds is 2. The second kappa shape index (κ2) is 4.11. The third-order valence-corrected chi connectivity index (χ3v) is 3.08. The predicted molar refractivity (Wildman–Crippen MR) is 62.3 cm³/mol. The smallest absolute Gasteiger partial charge is 0.126 e. The Labute approximate surface area is 94.7 Å². The molecule has 1 unspecified atom stereocenters. The van der Waals surface area contributed by atoms with Gasteiger partial charge in [-0.2, -0.15) is 0 Å². The van der Waals surface area contributed by atoms with Crippen LogP contribution in [0, 0.1) is 13.8 Å². The Morgan fingerprint density at radius 3 is 2.53 bits per heavy atom. The first-order valence-electron chi connectivity index (χ1n) is 4.93. The molecule has 78 valence electrons. The first kappa shape index (κ1) is 10.3. The van der Waals surface area contributed by atoms with Crippen molar-refractivity contribution in [3.8, 4) is 0 Å². The van der Waals surface area contributed by atoms with E-state index in [2.05, 4.69) is 26.0 Å². The highest BCUT2D eigenvalue weighted by Crippen LogP contribution is 2.29. The topological polar surface area (TPSA) is 13.1 Å². The second-order valence-corrected chi connectivity index (χ2v) is 4.16. The van der Waals surface area contributed by atoms with Crippen LogP contribution in [0.2, 0.25) is 0 Å². The lowest BCUT2D eigenvalue weighted by atomic mass is 10.0. The Balaban J connectivity index is 2.34. The fraction of sp³-hybridized carbons (Fsp3) is 0.231. The molecule has 0 spiro atoms. The molecule has 0 aliphatic rings. The van der Waals surface area contributed by atoms with Gasteiger partial charge < -0.3 is 4.42 Å². The van der Waals surface area contributed by atoms with E-state index in [9.17, 15) is 0 Å². The van der Waals surface area contributed by atoms with Crippen LogP contribution >= 0.6 is 11.6 Å². The summed E-state index contributed by atoms with van der Waals surface area (Å²) < 4.78 is 5.29. The van der Waals surface area contributed by atoms with Crippen molar-refractivity contribution in [3.63, 3.8) is 0 Å². The van der Waals surface area contributed by atoms with Gasteiger partial charge in [-0.15, -0.1) is 11.6 Å². The number of aryl methyl sites for hydroxylation is 2. The molecule has 0 aliphatic heterocycles. The Morgan fingerprint density at radius 1 is 1.13 bits per heavy atom. The van der Waals surface area contributed by atoms with Gasteiger partial charge in [-0.1, -0.05) is 18.2 Å². The molecule has 0 amide bonds. The number of benzene rings is 1. The van der Waals surface area contributed by atoms with Crippen molar-refractivity contribution < 1.29 is 4.42 Å². The summed E-state index contributed by atoms with van der Waals surface area (Å²) in [5, 5.41) is -0.195. The fourth-order valence-corrected chi connectivity index (χ4v) is 1.78. The highest BCUT2D eigenvalue weighted by molar-refractivity contribution is 6.22. The number of furan rings is 1. The summed E-state index contributed by atoms with van der Waals surface area (Å²) in [7, 11) is 0. The van der Waals surface area contributed by atoms with Crippen molar-refractivity contribution in [2.45, 2.75) is 19.2 Å². The van der Waals surface area contributed by atoms with E-state index >= 15 is 0 Å². The lowest BCUT2D eigenvalue weighted by Gasteiger charge is -2.09. The molecule has 1 nitrogen and oxygen atoms in total. The van der Waals surface area contributed by atoms with Crippen LogP contribution in [-0.2, 0) is 0 Å². The molecule has 2 rings (SSSR count). The summed E-state index contributed by atoms with van der Waals surface area (Å²) in [6.45, 7) is 4.18. The second-order valence-electron chi connectivity index (χ2n) is 3.72. The molecule has 2 heteroatoms. The van der Waals surface area contributed by atoms with Crippen molar-refractivity contribution in [2.75, 3.05) is 0 Å². The maximum atomic E-state index is 6.30. The Bertz CT molecular complexity index is 446. The van der Waals surface area contributed by atoms with Gasteiger partial charge in [-0.25, -0.2) is 0 Å². The molecule has 0 saturated heterocycles. The summed E-state index contributed by atoms with van der Waals surface area (Å²) in [5.41, 5.74) is 3.61. The van der Waals surface area contributed by atoms with E-state index in [1.54, 1.807) is 6.26 Å². The first-order chi connectivity index (χ1) is 7.18. The van der Waals surface area contributed by atoms with Crippen LogP contribution in [0.3, 0.4) is 0 Å². The third-order valence-electron chi connectivity index (χ3n) is 2.62. The zero-order valence-electron chi connectivity index (χ0n) is 8.83. The summed E-state index contributed by atoms with van der Waals surface area (Å²) in [5.74, 6) is 0.792. The molecule has 0 fully saturated rings. The van der Waals surface area contributed by atoms with E-state index in [-0.39, 0.29) is 5.38 Å². The molecular formula is C13H13ClO. The lowest BCUT2D eigenvalue weighted by Crippen LogP contribution is -1.93. The fourth-order valence-electron chi connectivity index (χ4n) is 1.52. The molecule has 1 atom stereocenters. The van der Waals surface area contributed by atoms with Crippen molar-refractivity contribution in [1.29, 1.82) is 0 Å². The van der Waals surface area contributed by atoms with E-state index in [4.69, 9.17) is 16.0 Å². The van der Waals surface area contributed by atoms with E-state index < -0.39 is 0 Å². The molecule has 0 bridgehead atoms. The molecule has 2 aromatic rings. The number of alkyl halides is 1. The van der Waals surface area contributed by atoms with Crippen molar-refractivity contribution >= 4 is 11.6 Å². The van der Waals surface area contributed by atoms with E-state index in [0.717, 1.165) is 11.3 Å². The van der Waals surface area contributed by atoms with Gasteiger partial charge in [-0.3, -0.25) is 0 Å². The molecule has 1 heterocycles. The lowest BCUT2D eigenvalue weighted by molar-refractivity contribution is 0.516. The minimum atomic E-state index is -0.195. The van der Waals surface area contributed by atoms with Crippen LogP contribution in [0.15, 0.2) is 41.0 Å². The number of halogens is 1. The van der Waals surface area contributed by atoms with Gasteiger partial charge in [0.05, 0.1) is 6.26 Å². The average Bonchev–Trinajstić information content (AvgIpc) is 2.74. The Hall–Kier alpha value is -1.21. The monoisotopic (exact) mass is 220 g/mol. The minimum absolute atomic E-state index is 0.195.